The van der Waals surface area contributed by atoms with Crippen molar-refractivity contribution in [3.05, 3.63) is 0 Å². The molecule has 0 aromatic rings. The van der Waals surface area contributed by atoms with Crippen molar-refractivity contribution in [1.29, 1.82) is 0 Å². The third kappa shape index (κ3) is 3.21. The number of carbonyl (C=O) groups excluding carboxylic acids is 2. The van der Waals surface area contributed by atoms with E-state index in [0.29, 0.717) is 29.1 Å². The molecular formula is C23H34N2O2. The highest BCUT2D eigenvalue weighted by molar-refractivity contribution is 5.83. The Morgan fingerprint density at radius 3 is 2.07 bits per heavy atom. The SMILES string of the molecule is O=C(CC(C1CC1)C1CC1)N1CCC2(CC1)CN(C(=O)[C@@H]1C[C@H]1C1CC1)C2. The van der Waals surface area contributed by atoms with Crippen LogP contribution in [0.3, 0.4) is 0 Å². The van der Waals surface area contributed by atoms with Crippen LogP contribution in [0.5, 0.6) is 0 Å². The van der Waals surface area contributed by atoms with E-state index in [-0.39, 0.29) is 0 Å². The molecule has 6 aliphatic rings. The van der Waals surface area contributed by atoms with E-state index < -0.39 is 0 Å². The van der Waals surface area contributed by atoms with E-state index in [1.807, 2.05) is 0 Å². The smallest absolute Gasteiger partial charge is 0.226 e. The predicted octanol–water partition coefficient (Wildman–Crippen LogP) is 3.31. The molecule has 2 saturated heterocycles. The van der Waals surface area contributed by atoms with Gasteiger partial charge in [-0.3, -0.25) is 9.59 Å². The standard InChI is InChI=1S/C23H34N2O2/c26-21(12-18(15-1-2-15)16-3-4-16)24-9-7-23(8-10-24)13-25(14-23)22(27)20-11-19(20)17-5-6-17/h15-20H,1-14H2/t19-,20+/m0/s1. The fraction of sp³-hybridized carbons (Fsp3) is 0.913. The molecule has 0 aromatic carbocycles. The van der Waals surface area contributed by atoms with Crippen LogP contribution in [0.15, 0.2) is 0 Å². The summed E-state index contributed by atoms with van der Waals surface area (Å²) in [7, 11) is 0. The first kappa shape index (κ1) is 16.9. The molecule has 2 atom stereocenters. The minimum absolute atomic E-state index is 0.336. The number of nitrogens with zero attached hydrogens (tertiary/aromatic N) is 2. The van der Waals surface area contributed by atoms with Crippen molar-refractivity contribution < 1.29 is 9.59 Å². The van der Waals surface area contributed by atoms with Crippen molar-refractivity contribution in [3.8, 4) is 0 Å². The molecule has 0 bridgehead atoms. The molecule has 27 heavy (non-hydrogen) atoms. The molecule has 6 fully saturated rings. The fourth-order valence-corrected chi connectivity index (χ4v) is 6.34. The van der Waals surface area contributed by atoms with Gasteiger partial charge in [0.15, 0.2) is 0 Å². The molecule has 2 amide bonds. The molecule has 0 unspecified atom stereocenters. The van der Waals surface area contributed by atoms with Crippen molar-refractivity contribution in [2.24, 2.45) is 40.9 Å². The first-order valence-electron chi connectivity index (χ1n) is 11.7. The van der Waals surface area contributed by atoms with Gasteiger partial charge in [-0.2, -0.15) is 0 Å². The second kappa shape index (κ2) is 5.97. The molecule has 4 saturated carbocycles. The van der Waals surface area contributed by atoms with Gasteiger partial charge in [-0.05, 0) is 87.4 Å². The number of carbonyl (C=O) groups is 2. The number of hydrogen-bond donors (Lipinski definition) is 0. The highest BCUT2D eigenvalue weighted by Gasteiger charge is 2.56. The largest absolute Gasteiger partial charge is 0.343 e. The third-order valence-electron chi connectivity index (χ3n) is 8.79. The number of likely N-dealkylation sites (tertiary alicyclic amines) is 2. The van der Waals surface area contributed by atoms with Gasteiger partial charge in [0.1, 0.15) is 0 Å². The zero-order valence-electron chi connectivity index (χ0n) is 16.6. The normalized spacial score (nSPS) is 34.7. The lowest BCUT2D eigenvalue weighted by Crippen LogP contribution is -2.62. The van der Waals surface area contributed by atoms with Crippen molar-refractivity contribution in [3.63, 3.8) is 0 Å². The summed E-state index contributed by atoms with van der Waals surface area (Å²) in [6.07, 6.45) is 12.4. The molecule has 4 nitrogen and oxygen atoms in total. The summed E-state index contributed by atoms with van der Waals surface area (Å²) in [5, 5.41) is 0. The van der Waals surface area contributed by atoms with E-state index in [9.17, 15) is 9.59 Å². The van der Waals surface area contributed by atoms with E-state index in [1.54, 1.807) is 0 Å². The van der Waals surface area contributed by atoms with E-state index in [2.05, 4.69) is 9.80 Å². The lowest BCUT2D eigenvalue weighted by Gasteiger charge is -2.54. The van der Waals surface area contributed by atoms with Gasteiger partial charge in [-0.1, -0.05) is 0 Å². The van der Waals surface area contributed by atoms with E-state index in [1.165, 1.54) is 44.9 Å². The minimum atomic E-state index is 0.336. The van der Waals surface area contributed by atoms with Crippen LogP contribution in [0.25, 0.3) is 0 Å². The van der Waals surface area contributed by atoms with E-state index >= 15 is 0 Å². The van der Waals surface area contributed by atoms with Crippen LogP contribution in [-0.4, -0.2) is 47.8 Å². The Labute approximate surface area is 163 Å². The Morgan fingerprint density at radius 2 is 1.52 bits per heavy atom. The quantitative estimate of drug-likeness (QED) is 0.720. The Hall–Kier alpha value is -1.06. The second-order valence-electron chi connectivity index (χ2n) is 11.0. The molecule has 4 aliphatic carbocycles. The third-order valence-corrected chi connectivity index (χ3v) is 8.79. The lowest BCUT2D eigenvalue weighted by molar-refractivity contribution is -0.152. The van der Waals surface area contributed by atoms with Crippen LogP contribution < -0.4 is 0 Å². The molecule has 0 N–H and O–H groups in total. The van der Waals surface area contributed by atoms with Crippen LogP contribution in [0.4, 0.5) is 0 Å². The second-order valence-corrected chi connectivity index (χ2v) is 11.0. The molecular weight excluding hydrogens is 336 g/mol. The highest BCUT2D eigenvalue weighted by atomic mass is 16.2. The van der Waals surface area contributed by atoms with Crippen LogP contribution in [-0.2, 0) is 9.59 Å². The zero-order valence-corrected chi connectivity index (χ0v) is 16.6. The number of amides is 2. The van der Waals surface area contributed by atoms with Gasteiger partial charge in [0.2, 0.25) is 11.8 Å². The van der Waals surface area contributed by atoms with Crippen LogP contribution in [0.2, 0.25) is 0 Å². The molecule has 2 aliphatic heterocycles. The van der Waals surface area contributed by atoms with Crippen molar-refractivity contribution >= 4 is 11.8 Å². The van der Waals surface area contributed by atoms with Gasteiger partial charge >= 0.3 is 0 Å². The molecule has 4 heteroatoms. The van der Waals surface area contributed by atoms with E-state index in [0.717, 1.165) is 69.1 Å². The average molecular weight is 371 g/mol. The Bertz CT molecular complexity index is 621. The average Bonchev–Trinajstić information content (AvgIpc) is 3.45. The van der Waals surface area contributed by atoms with Crippen molar-refractivity contribution in [2.45, 2.75) is 64.2 Å². The number of rotatable bonds is 6. The van der Waals surface area contributed by atoms with Crippen LogP contribution in [0.1, 0.15) is 64.2 Å². The summed E-state index contributed by atoms with van der Waals surface area (Å²) in [6.45, 7) is 3.79. The molecule has 6 rings (SSSR count). The van der Waals surface area contributed by atoms with Gasteiger partial charge in [0.05, 0.1) is 0 Å². The van der Waals surface area contributed by atoms with Crippen molar-refractivity contribution in [2.75, 3.05) is 26.2 Å². The van der Waals surface area contributed by atoms with Crippen LogP contribution >= 0.6 is 0 Å². The summed E-state index contributed by atoms with van der Waals surface area (Å²) in [4.78, 5) is 29.8. The summed E-state index contributed by atoms with van der Waals surface area (Å²) in [6, 6.07) is 0. The van der Waals surface area contributed by atoms with Gasteiger partial charge in [0, 0.05) is 43.9 Å². The molecule has 148 valence electrons. The maximum Gasteiger partial charge on any atom is 0.226 e. The summed E-state index contributed by atoms with van der Waals surface area (Å²) in [5.41, 5.74) is 0.336. The van der Waals surface area contributed by atoms with Crippen molar-refractivity contribution in [1.82, 2.24) is 9.80 Å². The van der Waals surface area contributed by atoms with Gasteiger partial charge in [-0.25, -0.2) is 0 Å². The number of piperidine rings is 1. The minimum Gasteiger partial charge on any atom is -0.343 e. The zero-order chi connectivity index (χ0) is 18.2. The maximum absolute atomic E-state index is 12.8. The number of hydrogen-bond acceptors (Lipinski definition) is 2. The highest BCUT2D eigenvalue weighted by Crippen LogP contribution is 2.56. The molecule has 1 spiro atoms. The molecule has 0 aromatic heterocycles. The Kier molecular flexibility index (Phi) is 3.73. The first-order valence-corrected chi connectivity index (χ1v) is 11.7. The Balaban J connectivity index is 0.971. The van der Waals surface area contributed by atoms with Gasteiger partial charge in [-0.15, -0.1) is 0 Å². The summed E-state index contributed by atoms with van der Waals surface area (Å²) < 4.78 is 0. The predicted molar refractivity (Wildman–Crippen MR) is 103 cm³/mol. The van der Waals surface area contributed by atoms with E-state index in [4.69, 9.17) is 0 Å². The first-order chi connectivity index (χ1) is 13.1. The molecule has 2 heterocycles. The van der Waals surface area contributed by atoms with Crippen LogP contribution in [0, 0.1) is 40.9 Å². The topological polar surface area (TPSA) is 40.6 Å². The lowest BCUT2D eigenvalue weighted by atomic mass is 9.71. The fourth-order valence-electron chi connectivity index (χ4n) is 6.34. The Morgan fingerprint density at radius 1 is 0.889 bits per heavy atom. The summed E-state index contributed by atoms with van der Waals surface area (Å²) in [5.74, 6) is 5.30. The molecule has 0 radical (unpaired) electrons. The summed E-state index contributed by atoms with van der Waals surface area (Å²) >= 11 is 0. The van der Waals surface area contributed by atoms with Gasteiger partial charge < -0.3 is 9.80 Å². The van der Waals surface area contributed by atoms with Gasteiger partial charge in [0.25, 0.3) is 0 Å². The maximum atomic E-state index is 12.8. The monoisotopic (exact) mass is 370 g/mol.